The maximum Gasteiger partial charge on any atom is 0.224 e. The standard InChI is InChI=1S/C15H16N2O2/c18-9-13-11-3-4-12(6-11)14(13)15(19)17-8-10-2-1-5-16-7-10/h1-5,7,9,11-14H,6,8H2,(H,17,19)/t11?,12-,13+,14+/m1/s1. The van der Waals surface area contributed by atoms with E-state index in [1.807, 2.05) is 12.1 Å². The molecule has 4 heteroatoms. The van der Waals surface area contributed by atoms with Gasteiger partial charge in [0.15, 0.2) is 0 Å². The minimum atomic E-state index is -0.191. The molecule has 1 unspecified atom stereocenters. The van der Waals surface area contributed by atoms with Crippen molar-refractivity contribution >= 4 is 12.2 Å². The highest BCUT2D eigenvalue weighted by molar-refractivity contribution is 5.83. The average Bonchev–Trinajstić information content (AvgIpc) is 3.06. The lowest BCUT2D eigenvalue weighted by molar-refractivity contribution is -0.130. The maximum absolute atomic E-state index is 12.3. The molecular formula is C15H16N2O2. The molecule has 1 fully saturated rings. The summed E-state index contributed by atoms with van der Waals surface area (Å²) in [5, 5.41) is 2.92. The molecule has 2 bridgehead atoms. The van der Waals surface area contributed by atoms with Crippen LogP contribution in [0.25, 0.3) is 0 Å². The first-order valence-corrected chi connectivity index (χ1v) is 6.60. The van der Waals surface area contributed by atoms with Gasteiger partial charge in [0.1, 0.15) is 6.29 Å². The number of carbonyl (C=O) groups is 2. The Hall–Kier alpha value is -1.97. The number of rotatable bonds is 4. The summed E-state index contributed by atoms with van der Waals surface area (Å²) in [6, 6.07) is 3.77. The van der Waals surface area contributed by atoms with Crippen molar-refractivity contribution in [1.29, 1.82) is 0 Å². The Balaban J connectivity index is 1.65. The number of carbonyl (C=O) groups excluding carboxylic acids is 2. The zero-order valence-corrected chi connectivity index (χ0v) is 10.5. The van der Waals surface area contributed by atoms with E-state index in [2.05, 4.69) is 22.5 Å². The number of nitrogens with zero attached hydrogens (tertiary/aromatic N) is 1. The molecule has 1 saturated carbocycles. The summed E-state index contributed by atoms with van der Waals surface area (Å²) in [5.41, 5.74) is 0.970. The molecule has 1 aromatic rings. The minimum Gasteiger partial charge on any atom is -0.352 e. The van der Waals surface area contributed by atoms with Crippen LogP contribution in [0.4, 0.5) is 0 Å². The van der Waals surface area contributed by atoms with Crippen molar-refractivity contribution in [3.8, 4) is 0 Å². The third-order valence-corrected chi connectivity index (χ3v) is 4.17. The molecule has 98 valence electrons. The number of nitrogens with one attached hydrogen (secondary N) is 1. The molecule has 1 heterocycles. The van der Waals surface area contributed by atoms with Crippen molar-refractivity contribution in [2.24, 2.45) is 23.7 Å². The van der Waals surface area contributed by atoms with Crippen LogP contribution in [0.3, 0.4) is 0 Å². The van der Waals surface area contributed by atoms with Crippen LogP contribution in [-0.2, 0) is 16.1 Å². The van der Waals surface area contributed by atoms with Gasteiger partial charge in [0, 0.05) is 24.9 Å². The van der Waals surface area contributed by atoms with E-state index in [0.717, 1.165) is 18.3 Å². The molecule has 1 N–H and O–H groups in total. The summed E-state index contributed by atoms with van der Waals surface area (Å²) in [7, 11) is 0. The highest BCUT2D eigenvalue weighted by atomic mass is 16.2. The Morgan fingerprint density at radius 3 is 3.00 bits per heavy atom. The average molecular weight is 256 g/mol. The lowest BCUT2D eigenvalue weighted by atomic mass is 9.83. The fourth-order valence-corrected chi connectivity index (χ4v) is 3.22. The monoisotopic (exact) mass is 256 g/mol. The second-order valence-electron chi connectivity index (χ2n) is 5.27. The maximum atomic E-state index is 12.3. The first-order valence-electron chi connectivity index (χ1n) is 6.60. The summed E-state index contributed by atoms with van der Waals surface area (Å²) in [6.45, 7) is 0.468. The van der Waals surface area contributed by atoms with Gasteiger partial charge in [-0.15, -0.1) is 0 Å². The Bertz CT molecular complexity index is 512. The fraction of sp³-hybridized carbons (Fsp3) is 0.400. The van der Waals surface area contributed by atoms with Gasteiger partial charge in [0.2, 0.25) is 5.91 Å². The first kappa shape index (κ1) is 12.1. The second-order valence-corrected chi connectivity index (χ2v) is 5.27. The quantitative estimate of drug-likeness (QED) is 0.653. The summed E-state index contributed by atoms with van der Waals surface area (Å²) < 4.78 is 0. The highest BCUT2D eigenvalue weighted by Gasteiger charge is 2.47. The van der Waals surface area contributed by atoms with E-state index in [1.165, 1.54) is 0 Å². The molecule has 0 aromatic carbocycles. The van der Waals surface area contributed by atoms with Crippen molar-refractivity contribution < 1.29 is 9.59 Å². The molecule has 2 aliphatic carbocycles. The number of allylic oxidation sites excluding steroid dienone is 2. The summed E-state index contributed by atoms with van der Waals surface area (Å²) in [6.07, 6.45) is 9.48. The Kier molecular flexibility index (Phi) is 3.15. The van der Waals surface area contributed by atoms with Gasteiger partial charge in [-0.3, -0.25) is 9.78 Å². The third kappa shape index (κ3) is 2.18. The molecule has 4 nitrogen and oxygen atoms in total. The number of pyridine rings is 1. The van der Waals surface area contributed by atoms with E-state index in [-0.39, 0.29) is 29.6 Å². The Labute approximate surface area is 111 Å². The van der Waals surface area contributed by atoms with E-state index < -0.39 is 0 Å². The molecule has 0 spiro atoms. The second kappa shape index (κ2) is 4.96. The molecule has 1 aromatic heterocycles. The van der Waals surface area contributed by atoms with Crippen molar-refractivity contribution in [3.63, 3.8) is 0 Å². The molecular weight excluding hydrogens is 240 g/mol. The predicted molar refractivity (Wildman–Crippen MR) is 69.9 cm³/mol. The SMILES string of the molecule is O=C[C@H]1C2C=C[C@H](C2)[C@@H]1C(=O)NCc1cccnc1. The van der Waals surface area contributed by atoms with Gasteiger partial charge >= 0.3 is 0 Å². The van der Waals surface area contributed by atoms with Crippen LogP contribution in [0.2, 0.25) is 0 Å². The lowest BCUT2D eigenvalue weighted by Crippen LogP contribution is -2.37. The molecule has 1 amide bonds. The number of hydrogen-bond acceptors (Lipinski definition) is 3. The molecule has 0 aliphatic heterocycles. The fourth-order valence-electron chi connectivity index (χ4n) is 3.22. The van der Waals surface area contributed by atoms with Gasteiger partial charge in [-0.05, 0) is 29.9 Å². The van der Waals surface area contributed by atoms with Crippen LogP contribution in [0.1, 0.15) is 12.0 Å². The van der Waals surface area contributed by atoms with Crippen LogP contribution in [0.5, 0.6) is 0 Å². The number of aldehydes is 1. The third-order valence-electron chi connectivity index (χ3n) is 4.17. The van der Waals surface area contributed by atoms with Crippen LogP contribution in [0, 0.1) is 23.7 Å². The Morgan fingerprint density at radius 1 is 1.42 bits per heavy atom. The van der Waals surface area contributed by atoms with Crippen molar-refractivity contribution in [1.82, 2.24) is 10.3 Å². The summed E-state index contributed by atoms with van der Waals surface area (Å²) in [4.78, 5) is 27.4. The predicted octanol–water partition coefficient (Wildman–Crippen LogP) is 1.33. The molecule has 19 heavy (non-hydrogen) atoms. The van der Waals surface area contributed by atoms with Crippen molar-refractivity contribution in [2.75, 3.05) is 0 Å². The van der Waals surface area contributed by atoms with E-state index in [1.54, 1.807) is 12.4 Å². The highest BCUT2D eigenvalue weighted by Crippen LogP contribution is 2.47. The summed E-state index contributed by atoms with van der Waals surface area (Å²) in [5.74, 6) is 0.136. The van der Waals surface area contributed by atoms with E-state index >= 15 is 0 Å². The largest absolute Gasteiger partial charge is 0.352 e. The van der Waals surface area contributed by atoms with Gasteiger partial charge in [-0.1, -0.05) is 18.2 Å². The zero-order valence-electron chi connectivity index (χ0n) is 10.5. The van der Waals surface area contributed by atoms with Gasteiger partial charge in [0.25, 0.3) is 0 Å². The molecule has 3 rings (SSSR count). The summed E-state index contributed by atoms with van der Waals surface area (Å²) >= 11 is 0. The van der Waals surface area contributed by atoms with E-state index in [4.69, 9.17) is 0 Å². The molecule has 0 saturated heterocycles. The first-order chi connectivity index (χ1) is 9.29. The zero-order chi connectivity index (χ0) is 13.2. The normalized spacial score (nSPS) is 31.4. The van der Waals surface area contributed by atoms with Gasteiger partial charge in [-0.2, -0.15) is 0 Å². The van der Waals surface area contributed by atoms with Gasteiger partial charge in [-0.25, -0.2) is 0 Å². The smallest absolute Gasteiger partial charge is 0.224 e. The van der Waals surface area contributed by atoms with E-state index in [0.29, 0.717) is 6.54 Å². The van der Waals surface area contributed by atoms with Crippen LogP contribution < -0.4 is 5.32 Å². The molecule has 0 radical (unpaired) electrons. The van der Waals surface area contributed by atoms with Crippen LogP contribution in [-0.4, -0.2) is 17.2 Å². The number of aromatic nitrogens is 1. The number of fused-ring (bicyclic) bond motifs is 2. The minimum absolute atomic E-state index is 0.0159. The number of amides is 1. The van der Waals surface area contributed by atoms with Crippen molar-refractivity contribution in [3.05, 3.63) is 42.2 Å². The van der Waals surface area contributed by atoms with Crippen LogP contribution in [0.15, 0.2) is 36.7 Å². The molecule has 4 atom stereocenters. The van der Waals surface area contributed by atoms with Crippen molar-refractivity contribution in [2.45, 2.75) is 13.0 Å². The number of hydrogen-bond donors (Lipinski definition) is 1. The van der Waals surface area contributed by atoms with Gasteiger partial charge < -0.3 is 10.1 Å². The van der Waals surface area contributed by atoms with Gasteiger partial charge in [0.05, 0.1) is 5.92 Å². The molecule has 2 aliphatic rings. The van der Waals surface area contributed by atoms with Crippen LogP contribution >= 0.6 is 0 Å². The Morgan fingerprint density at radius 2 is 2.26 bits per heavy atom. The lowest BCUT2D eigenvalue weighted by Gasteiger charge is -2.22. The topological polar surface area (TPSA) is 59.1 Å². The van der Waals surface area contributed by atoms with E-state index in [9.17, 15) is 9.59 Å².